The van der Waals surface area contributed by atoms with Gasteiger partial charge in [0, 0.05) is 13.1 Å². The molecule has 0 radical (unpaired) electrons. The molecule has 7 heteroatoms. The van der Waals surface area contributed by atoms with Gasteiger partial charge in [-0.25, -0.2) is 0 Å². The van der Waals surface area contributed by atoms with E-state index in [4.69, 9.17) is 21.6 Å². The van der Waals surface area contributed by atoms with Gasteiger partial charge in [-0.15, -0.1) is 0 Å². The van der Waals surface area contributed by atoms with Gasteiger partial charge in [0.05, 0.1) is 19.6 Å². The van der Waals surface area contributed by atoms with Crippen LogP contribution in [0.3, 0.4) is 0 Å². The monoisotopic (exact) mass is 241 g/mol. The van der Waals surface area contributed by atoms with Gasteiger partial charge in [0.15, 0.2) is 0 Å². The minimum Gasteiger partial charge on any atom is -0.467 e. The molecule has 0 amide bonds. The molecule has 1 heterocycles. The third-order valence-electron chi connectivity index (χ3n) is 2.12. The summed E-state index contributed by atoms with van der Waals surface area (Å²) in [5.41, 5.74) is 0. The van der Waals surface area contributed by atoms with Crippen LogP contribution in [0.1, 0.15) is 13.3 Å². The quantitative estimate of drug-likeness (QED) is 0.790. The molecule has 0 saturated heterocycles. The number of hydrogen-bond donors (Lipinski definition) is 0. The molecular weight excluding hydrogens is 230 g/mol. The molecule has 1 aromatic rings. The summed E-state index contributed by atoms with van der Waals surface area (Å²) < 4.78 is 4.89. The highest BCUT2D eigenvalue weighted by molar-refractivity contribution is 6.28. The molecule has 16 heavy (non-hydrogen) atoms. The molecule has 0 bridgehead atoms. The summed E-state index contributed by atoms with van der Waals surface area (Å²) in [5, 5.41) is 8.67. The number of rotatable bonds is 4. The lowest BCUT2D eigenvalue weighted by molar-refractivity contribution is 0.377. The van der Waals surface area contributed by atoms with Crippen molar-refractivity contribution in [2.45, 2.75) is 19.4 Å². The smallest absolute Gasteiger partial charge is 0.322 e. The van der Waals surface area contributed by atoms with E-state index in [2.05, 4.69) is 21.0 Å². The van der Waals surface area contributed by atoms with E-state index >= 15 is 0 Å². The van der Waals surface area contributed by atoms with Crippen molar-refractivity contribution in [2.24, 2.45) is 0 Å². The second-order valence-electron chi connectivity index (χ2n) is 3.21. The fourth-order valence-corrected chi connectivity index (χ4v) is 1.19. The molecule has 0 saturated carbocycles. The van der Waals surface area contributed by atoms with Gasteiger partial charge in [0.1, 0.15) is 0 Å². The Balaban J connectivity index is 2.95. The molecule has 6 nitrogen and oxygen atoms in total. The minimum absolute atomic E-state index is 0.00632. The molecular formula is C9H12ClN5O. The van der Waals surface area contributed by atoms with Crippen LogP contribution in [0, 0.1) is 11.3 Å². The largest absolute Gasteiger partial charge is 0.467 e. The minimum atomic E-state index is -0.00632. The van der Waals surface area contributed by atoms with E-state index in [0.29, 0.717) is 12.4 Å². The summed E-state index contributed by atoms with van der Waals surface area (Å²) in [7, 11) is 3.24. The molecule has 0 N–H and O–H groups in total. The van der Waals surface area contributed by atoms with Crippen LogP contribution in [0.4, 0.5) is 5.95 Å². The van der Waals surface area contributed by atoms with Crippen molar-refractivity contribution >= 4 is 17.5 Å². The zero-order valence-corrected chi connectivity index (χ0v) is 10.1. The SMILES string of the molecule is COc1nc(Cl)nc(N(C)C(C)CC#N)n1. The Bertz CT molecular complexity index is 405. The molecule has 1 rings (SSSR count). The van der Waals surface area contributed by atoms with Crippen LogP contribution in [0.5, 0.6) is 6.01 Å². The molecule has 1 atom stereocenters. The van der Waals surface area contributed by atoms with Gasteiger partial charge in [0.25, 0.3) is 0 Å². The summed E-state index contributed by atoms with van der Waals surface area (Å²) in [6, 6.07) is 2.24. The lowest BCUT2D eigenvalue weighted by Gasteiger charge is -2.22. The zero-order valence-electron chi connectivity index (χ0n) is 9.31. The van der Waals surface area contributed by atoms with Crippen molar-refractivity contribution in [3.8, 4) is 12.1 Å². The van der Waals surface area contributed by atoms with Crippen LogP contribution in [0.25, 0.3) is 0 Å². The van der Waals surface area contributed by atoms with E-state index < -0.39 is 0 Å². The Morgan fingerprint density at radius 3 is 2.75 bits per heavy atom. The summed E-state index contributed by atoms with van der Waals surface area (Å²) in [5.74, 6) is 0.389. The van der Waals surface area contributed by atoms with Gasteiger partial charge >= 0.3 is 6.01 Å². The van der Waals surface area contributed by atoms with E-state index in [9.17, 15) is 0 Å². The Morgan fingerprint density at radius 2 is 2.19 bits per heavy atom. The van der Waals surface area contributed by atoms with Gasteiger partial charge in [-0.3, -0.25) is 0 Å². The number of nitriles is 1. The van der Waals surface area contributed by atoms with Gasteiger partial charge < -0.3 is 9.64 Å². The molecule has 86 valence electrons. The maximum Gasteiger partial charge on any atom is 0.322 e. The van der Waals surface area contributed by atoms with E-state index in [-0.39, 0.29) is 17.3 Å². The number of halogens is 1. The predicted molar refractivity (Wildman–Crippen MR) is 59.5 cm³/mol. The third kappa shape index (κ3) is 2.94. The Labute approximate surface area is 98.8 Å². The molecule has 0 spiro atoms. The number of anilines is 1. The average molecular weight is 242 g/mol. The van der Waals surface area contributed by atoms with Crippen LogP contribution < -0.4 is 9.64 Å². The summed E-state index contributed by atoms with van der Waals surface area (Å²) >= 11 is 5.72. The van der Waals surface area contributed by atoms with E-state index in [1.807, 2.05) is 6.92 Å². The number of hydrogen-bond acceptors (Lipinski definition) is 6. The summed E-state index contributed by atoms with van der Waals surface area (Å²) in [6.45, 7) is 1.90. The molecule has 0 aromatic carbocycles. The van der Waals surface area contributed by atoms with Crippen LogP contribution in [-0.2, 0) is 0 Å². The lowest BCUT2D eigenvalue weighted by Crippen LogP contribution is -2.30. The topological polar surface area (TPSA) is 74.9 Å². The van der Waals surface area contributed by atoms with Crippen LogP contribution >= 0.6 is 11.6 Å². The Morgan fingerprint density at radius 1 is 1.50 bits per heavy atom. The highest BCUT2D eigenvalue weighted by Gasteiger charge is 2.14. The van der Waals surface area contributed by atoms with E-state index in [0.717, 1.165) is 0 Å². The summed E-state index contributed by atoms with van der Waals surface area (Å²) in [6.07, 6.45) is 0.377. The fraction of sp³-hybridized carbons (Fsp3) is 0.556. The van der Waals surface area contributed by atoms with Crippen molar-refractivity contribution in [1.29, 1.82) is 5.26 Å². The first kappa shape index (κ1) is 12.5. The standard InChI is InChI=1S/C9H12ClN5O/c1-6(4-5-11)15(2)8-12-7(10)13-9(14-8)16-3/h6H,4H2,1-3H3. The first-order valence-electron chi connectivity index (χ1n) is 4.63. The van der Waals surface area contributed by atoms with Crippen LogP contribution in [0.15, 0.2) is 0 Å². The second-order valence-corrected chi connectivity index (χ2v) is 3.55. The number of aromatic nitrogens is 3. The van der Waals surface area contributed by atoms with Crippen molar-refractivity contribution in [3.63, 3.8) is 0 Å². The zero-order chi connectivity index (χ0) is 12.1. The molecule has 0 aliphatic carbocycles. The Hall–Kier alpha value is -1.61. The average Bonchev–Trinajstić information content (AvgIpc) is 2.27. The first-order chi connectivity index (χ1) is 7.58. The molecule has 0 fully saturated rings. The maximum atomic E-state index is 8.61. The number of ether oxygens (including phenoxy) is 1. The Kier molecular flexibility index (Phi) is 4.26. The van der Waals surface area contributed by atoms with Gasteiger partial charge in [-0.1, -0.05) is 0 Å². The van der Waals surface area contributed by atoms with Crippen LogP contribution in [-0.4, -0.2) is 35.2 Å². The fourth-order valence-electron chi connectivity index (χ4n) is 1.04. The van der Waals surface area contributed by atoms with Gasteiger partial charge in [-0.05, 0) is 18.5 Å². The predicted octanol–water partition coefficient (Wildman–Crippen LogP) is 1.27. The molecule has 0 aliphatic rings. The normalized spacial score (nSPS) is 11.7. The van der Waals surface area contributed by atoms with Crippen LogP contribution in [0.2, 0.25) is 5.28 Å². The van der Waals surface area contributed by atoms with Gasteiger partial charge in [-0.2, -0.15) is 20.2 Å². The van der Waals surface area contributed by atoms with E-state index in [1.54, 1.807) is 11.9 Å². The maximum absolute atomic E-state index is 8.61. The lowest BCUT2D eigenvalue weighted by atomic mass is 10.2. The highest BCUT2D eigenvalue weighted by atomic mass is 35.5. The van der Waals surface area contributed by atoms with E-state index in [1.165, 1.54) is 7.11 Å². The van der Waals surface area contributed by atoms with Crippen molar-refractivity contribution in [3.05, 3.63) is 5.28 Å². The van der Waals surface area contributed by atoms with Crippen molar-refractivity contribution in [1.82, 2.24) is 15.0 Å². The van der Waals surface area contributed by atoms with Crippen molar-refractivity contribution in [2.75, 3.05) is 19.1 Å². The highest BCUT2D eigenvalue weighted by Crippen LogP contribution is 2.16. The number of nitrogens with zero attached hydrogens (tertiary/aromatic N) is 5. The summed E-state index contributed by atoms with van der Waals surface area (Å²) in [4.78, 5) is 13.5. The van der Waals surface area contributed by atoms with Gasteiger partial charge in [0.2, 0.25) is 11.2 Å². The number of methoxy groups -OCH3 is 1. The van der Waals surface area contributed by atoms with Crippen molar-refractivity contribution < 1.29 is 4.74 Å². The third-order valence-corrected chi connectivity index (χ3v) is 2.29. The molecule has 1 aromatic heterocycles. The molecule has 1 unspecified atom stereocenters. The second kappa shape index (κ2) is 5.47. The molecule has 0 aliphatic heterocycles. The first-order valence-corrected chi connectivity index (χ1v) is 5.01.